The smallest absolute Gasteiger partial charge is 0.251 e. The van der Waals surface area contributed by atoms with E-state index in [1.807, 2.05) is 13.8 Å². The third-order valence-electron chi connectivity index (χ3n) is 6.19. The molecule has 2 bridgehead atoms. The molecule has 0 radical (unpaired) electrons. The van der Waals surface area contributed by atoms with E-state index in [-0.39, 0.29) is 22.9 Å². The van der Waals surface area contributed by atoms with E-state index in [4.69, 9.17) is 0 Å². The van der Waals surface area contributed by atoms with Crippen molar-refractivity contribution < 1.29 is 13.2 Å². The van der Waals surface area contributed by atoms with Gasteiger partial charge in [0.25, 0.3) is 5.91 Å². The number of nitrogens with one attached hydrogen (secondary N) is 2. The molecule has 5 nitrogen and oxygen atoms in total. The van der Waals surface area contributed by atoms with Gasteiger partial charge in [-0.15, -0.1) is 0 Å². The highest BCUT2D eigenvalue weighted by Gasteiger charge is 2.42. The highest BCUT2D eigenvalue weighted by atomic mass is 32.2. The molecular weight excluding hydrogens is 348 g/mol. The van der Waals surface area contributed by atoms with Crippen LogP contribution in [-0.2, 0) is 10.0 Å². The average Bonchev–Trinajstić information content (AvgIpc) is 3.24. The molecule has 0 aliphatic heterocycles. The van der Waals surface area contributed by atoms with Gasteiger partial charge >= 0.3 is 0 Å². The Kier molecular flexibility index (Phi) is 5.72. The lowest BCUT2D eigenvalue weighted by Crippen LogP contribution is -2.40. The van der Waals surface area contributed by atoms with Crippen molar-refractivity contribution in [1.29, 1.82) is 0 Å². The number of hydrogen-bond acceptors (Lipinski definition) is 3. The number of carbonyl (C=O) groups is 1. The Morgan fingerprint density at radius 1 is 1.15 bits per heavy atom. The second-order valence-corrected chi connectivity index (χ2v) is 9.77. The molecular formula is C20H30N2O3S. The van der Waals surface area contributed by atoms with E-state index in [1.165, 1.54) is 37.8 Å². The summed E-state index contributed by atoms with van der Waals surface area (Å²) in [6.07, 6.45) is 5.92. The van der Waals surface area contributed by atoms with E-state index in [1.54, 1.807) is 12.1 Å². The maximum atomic E-state index is 12.5. The Morgan fingerprint density at radius 3 is 2.38 bits per heavy atom. The van der Waals surface area contributed by atoms with Gasteiger partial charge < -0.3 is 5.32 Å². The van der Waals surface area contributed by atoms with Gasteiger partial charge in [-0.1, -0.05) is 13.3 Å². The lowest BCUT2D eigenvalue weighted by molar-refractivity contribution is 0.0915. The van der Waals surface area contributed by atoms with Gasteiger partial charge in [0, 0.05) is 17.6 Å². The van der Waals surface area contributed by atoms with Crippen LogP contribution in [0.4, 0.5) is 0 Å². The first-order chi connectivity index (χ1) is 12.3. The molecule has 0 heterocycles. The maximum absolute atomic E-state index is 12.5. The number of rotatable bonds is 7. The minimum absolute atomic E-state index is 0.120. The van der Waals surface area contributed by atoms with Crippen LogP contribution in [0, 0.1) is 17.8 Å². The van der Waals surface area contributed by atoms with Crippen LogP contribution in [0.1, 0.15) is 63.2 Å². The molecule has 5 atom stereocenters. The summed E-state index contributed by atoms with van der Waals surface area (Å²) in [5.74, 6) is 2.07. The normalized spacial score (nSPS) is 27.3. The topological polar surface area (TPSA) is 75.3 Å². The average molecular weight is 379 g/mol. The van der Waals surface area contributed by atoms with Crippen LogP contribution in [-0.4, -0.2) is 26.4 Å². The molecule has 0 spiro atoms. The minimum atomic E-state index is -3.54. The van der Waals surface area contributed by atoms with E-state index < -0.39 is 10.0 Å². The van der Waals surface area contributed by atoms with Crippen molar-refractivity contribution in [2.45, 2.75) is 69.9 Å². The van der Waals surface area contributed by atoms with Gasteiger partial charge in [-0.25, -0.2) is 13.1 Å². The summed E-state index contributed by atoms with van der Waals surface area (Å²) < 4.78 is 27.2. The van der Waals surface area contributed by atoms with E-state index >= 15 is 0 Å². The van der Waals surface area contributed by atoms with E-state index in [2.05, 4.69) is 17.0 Å². The third kappa shape index (κ3) is 4.12. The Balaban J connectivity index is 1.62. The fourth-order valence-electron chi connectivity index (χ4n) is 4.51. The number of hydrogen-bond donors (Lipinski definition) is 2. The van der Waals surface area contributed by atoms with Crippen LogP contribution in [0.15, 0.2) is 29.2 Å². The summed E-state index contributed by atoms with van der Waals surface area (Å²) >= 11 is 0. The van der Waals surface area contributed by atoms with Gasteiger partial charge in [0.05, 0.1) is 4.90 Å². The van der Waals surface area contributed by atoms with Crippen molar-refractivity contribution in [3.8, 4) is 0 Å². The molecule has 3 rings (SSSR count). The summed E-state index contributed by atoms with van der Waals surface area (Å²) in [7, 11) is -3.54. The quantitative estimate of drug-likeness (QED) is 0.764. The number of carbonyl (C=O) groups excluding carboxylic acids is 1. The van der Waals surface area contributed by atoms with Crippen LogP contribution in [0.2, 0.25) is 0 Å². The van der Waals surface area contributed by atoms with Gasteiger partial charge in [-0.05, 0) is 81.5 Å². The van der Waals surface area contributed by atoms with Gasteiger partial charge in [-0.3, -0.25) is 4.79 Å². The summed E-state index contributed by atoms with van der Waals surface area (Å²) in [6, 6.07) is 6.23. The third-order valence-corrected chi connectivity index (χ3v) is 7.79. The monoisotopic (exact) mass is 378 g/mol. The number of sulfonamides is 1. The molecule has 1 aromatic carbocycles. The molecule has 2 N–H and O–H groups in total. The number of fused-ring (bicyclic) bond motifs is 2. The molecule has 0 saturated heterocycles. The molecule has 2 saturated carbocycles. The summed E-state index contributed by atoms with van der Waals surface area (Å²) in [5.41, 5.74) is 0.502. The van der Waals surface area contributed by atoms with Gasteiger partial charge in [0.1, 0.15) is 0 Å². The Labute approximate surface area is 157 Å². The molecule has 0 aromatic heterocycles. The van der Waals surface area contributed by atoms with Crippen LogP contribution in [0.25, 0.3) is 0 Å². The lowest BCUT2D eigenvalue weighted by Gasteiger charge is -2.28. The highest BCUT2D eigenvalue weighted by molar-refractivity contribution is 7.89. The Bertz CT molecular complexity index is 745. The standard InChI is InChI=1S/C20H30N2O3S/c1-4-13(2)22-26(24,25)18-9-7-16(8-10-18)20(23)21-14(3)19-12-15-5-6-17(19)11-15/h7-10,13-15,17,19,22H,4-6,11-12H2,1-3H3,(H,21,23). The first-order valence-corrected chi connectivity index (χ1v) is 11.2. The van der Waals surface area contributed by atoms with Gasteiger partial charge in [0.2, 0.25) is 10.0 Å². The lowest BCUT2D eigenvalue weighted by atomic mass is 9.84. The second-order valence-electron chi connectivity index (χ2n) is 8.06. The van der Waals surface area contributed by atoms with Gasteiger partial charge in [0.15, 0.2) is 0 Å². The molecule has 5 unspecified atom stereocenters. The first kappa shape index (κ1) is 19.4. The fraction of sp³-hybridized carbons (Fsp3) is 0.650. The zero-order valence-corrected chi connectivity index (χ0v) is 16.7. The van der Waals surface area contributed by atoms with Crippen molar-refractivity contribution in [2.75, 3.05) is 0 Å². The summed E-state index contributed by atoms with van der Waals surface area (Å²) in [6.45, 7) is 5.85. The second kappa shape index (κ2) is 7.69. The van der Waals surface area contributed by atoms with E-state index in [0.717, 1.165) is 18.3 Å². The Morgan fingerprint density at radius 2 is 1.85 bits per heavy atom. The van der Waals surface area contributed by atoms with E-state index in [0.29, 0.717) is 11.5 Å². The van der Waals surface area contributed by atoms with Gasteiger partial charge in [-0.2, -0.15) is 0 Å². The Hall–Kier alpha value is -1.40. The van der Waals surface area contributed by atoms with Crippen molar-refractivity contribution in [2.24, 2.45) is 17.8 Å². The largest absolute Gasteiger partial charge is 0.349 e. The maximum Gasteiger partial charge on any atom is 0.251 e. The SMILES string of the molecule is CCC(C)NS(=O)(=O)c1ccc(C(=O)NC(C)C2CC3CCC2C3)cc1. The zero-order chi connectivity index (χ0) is 18.9. The molecule has 2 aliphatic rings. The minimum Gasteiger partial charge on any atom is -0.349 e. The fourth-order valence-corrected chi connectivity index (χ4v) is 5.83. The molecule has 26 heavy (non-hydrogen) atoms. The molecule has 1 amide bonds. The molecule has 144 valence electrons. The zero-order valence-electron chi connectivity index (χ0n) is 15.9. The predicted octanol–water partition coefficient (Wildman–Crippen LogP) is 3.32. The number of amides is 1. The van der Waals surface area contributed by atoms with Crippen LogP contribution in [0.5, 0.6) is 0 Å². The van der Waals surface area contributed by atoms with Crippen LogP contribution >= 0.6 is 0 Å². The van der Waals surface area contributed by atoms with E-state index in [9.17, 15) is 13.2 Å². The van der Waals surface area contributed by atoms with Crippen molar-refractivity contribution in [1.82, 2.24) is 10.0 Å². The number of benzene rings is 1. The molecule has 2 aliphatic carbocycles. The molecule has 2 fully saturated rings. The van der Waals surface area contributed by atoms with Crippen LogP contribution in [0.3, 0.4) is 0 Å². The van der Waals surface area contributed by atoms with Crippen molar-refractivity contribution in [3.05, 3.63) is 29.8 Å². The molecule has 1 aromatic rings. The summed E-state index contributed by atoms with van der Waals surface area (Å²) in [4.78, 5) is 12.7. The summed E-state index contributed by atoms with van der Waals surface area (Å²) in [5, 5.41) is 3.12. The predicted molar refractivity (Wildman–Crippen MR) is 102 cm³/mol. The van der Waals surface area contributed by atoms with Crippen LogP contribution < -0.4 is 10.0 Å². The van der Waals surface area contributed by atoms with Crippen molar-refractivity contribution >= 4 is 15.9 Å². The molecule has 6 heteroatoms. The van der Waals surface area contributed by atoms with Crippen molar-refractivity contribution in [3.63, 3.8) is 0 Å². The highest BCUT2D eigenvalue weighted by Crippen LogP contribution is 2.49. The first-order valence-electron chi connectivity index (χ1n) is 9.73.